The fraction of sp³-hybridized carbons (Fsp3) is 0.833. The molecule has 0 aliphatic carbocycles. The van der Waals surface area contributed by atoms with Crippen LogP contribution in [0.2, 0.25) is 0 Å². The number of carbonyl (C=O) groups excluding carboxylic acids is 1. The summed E-state index contributed by atoms with van der Waals surface area (Å²) in [7, 11) is -2.58. The van der Waals surface area contributed by atoms with E-state index in [2.05, 4.69) is 14.9 Å². The molecule has 0 aliphatic heterocycles. The molecular formula is C6H15N2O5P. The summed E-state index contributed by atoms with van der Waals surface area (Å²) in [6.45, 7) is 3.35. The van der Waals surface area contributed by atoms with Gasteiger partial charge in [-0.05, 0) is 13.8 Å². The highest BCUT2D eigenvalue weighted by Crippen LogP contribution is 2.24. The summed E-state index contributed by atoms with van der Waals surface area (Å²) in [5, 5.41) is 2.56. The van der Waals surface area contributed by atoms with Crippen molar-refractivity contribution in [3.63, 3.8) is 0 Å². The Labute approximate surface area is 83.1 Å². The number of nitrogens with one attached hydrogen (secondary N) is 1. The number of nitrogens with two attached hydrogens (primary N) is 1. The Morgan fingerprint density at radius 3 is 2.57 bits per heavy atom. The van der Waals surface area contributed by atoms with E-state index in [1.165, 1.54) is 0 Å². The van der Waals surface area contributed by atoms with Crippen molar-refractivity contribution in [2.24, 2.45) is 5.73 Å². The zero-order valence-electron chi connectivity index (χ0n) is 8.01. The molecule has 0 fully saturated rings. The van der Waals surface area contributed by atoms with Crippen molar-refractivity contribution < 1.29 is 24.1 Å². The molecule has 0 heterocycles. The molecule has 0 saturated heterocycles. The van der Waals surface area contributed by atoms with Crippen molar-refractivity contribution in [3.05, 3.63) is 0 Å². The van der Waals surface area contributed by atoms with Crippen LogP contribution in [0.15, 0.2) is 0 Å². The van der Waals surface area contributed by atoms with Crippen LogP contribution in [0.25, 0.3) is 0 Å². The van der Waals surface area contributed by atoms with Gasteiger partial charge in [0.1, 0.15) is 12.6 Å². The number of amides is 1. The molecule has 0 aliphatic rings. The Morgan fingerprint density at radius 2 is 2.14 bits per heavy atom. The smallest absolute Gasteiger partial charge is 0.353 e. The van der Waals surface area contributed by atoms with Crippen molar-refractivity contribution >= 4 is 14.5 Å². The topological polar surface area (TPSA) is 114 Å². The lowest BCUT2D eigenvalue weighted by Crippen LogP contribution is -2.45. The second-order valence-electron chi connectivity index (χ2n) is 2.88. The monoisotopic (exact) mass is 226 g/mol. The van der Waals surface area contributed by atoms with E-state index >= 15 is 0 Å². The summed E-state index contributed by atoms with van der Waals surface area (Å²) in [4.78, 5) is 32.0. The van der Waals surface area contributed by atoms with Gasteiger partial charge in [0.25, 0.3) is 0 Å². The molecule has 0 radical (unpaired) electrons. The Morgan fingerprint density at radius 1 is 1.57 bits per heavy atom. The average molecular weight is 226 g/mol. The molecule has 0 saturated carbocycles. The van der Waals surface area contributed by atoms with E-state index in [9.17, 15) is 4.79 Å². The van der Waals surface area contributed by atoms with Gasteiger partial charge in [-0.2, -0.15) is 4.67 Å². The van der Waals surface area contributed by atoms with E-state index in [1.807, 2.05) is 0 Å². The van der Waals surface area contributed by atoms with Crippen LogP contribution in [0.1, 0.15) is 13.8 Å². The average Bonchev–Trinajstić information content (AvgIpc) is 2.01. The molecule has 0 aromatic rings. The Hall–Kier alpha value is -0.300. The minimum Gasteiger partial charge on any atom is -0.353 e. The quantitative estimate of drug-likeness (QED) is 0.262. The minimum absolute atomic E-state index is 0.0118. The number of hydrogen-bond acceptors (Lipinski definition) is 6. The van der Waals surface area contributed by atoms with Gasteiger partial charge in [0.15, 0.2) is 0 Å². The third-order valence-corrected chi connectivity index (χ3v) is 1.37. The second-order valence-corrected chi connectivity index (χ2v) is 3.54. The van der Waals surface area contributed by atoms with Crippen LogP contribution in [0.3, 0.4) is 0 Å². The third kappa shape index (κ3) is 7.14. The minimum atomic E-state index is -2.58. The van der Waals surface area contributed by atoms with Gasteiger partial charge in [0.05, 0.1) is 0 Å². The molecule has 1 amide bonds. The number of rotatable bonds is 6. The molecule has 0 rings (SSSR count). The zero-order chi connectivity index (χ0) is 11.1. The second kappa shape index (κ2) is 7.05. The lowest BCUT2D eigenvalue weighted by Gasteiger charge is -2.13. The molecule has 1 unspecified atom stereocenters. The van der Waals surface area contributed by atoms with E-state index in [0.29, 0.717) is 0 Å². The molecule has 8 heteroatoms. The van der Waals surface area contributed by atoms with E-state index in [4.69, 9.17) is 15.5 Å². The zero-order valence-corrected chi connectivity index (χ0v) is 8.90. The lowest BCUT2D eigenvalue weighted by molar-refractivity contribution is -0.216. The van der Waals surface area contributed by atoms with Crippen LogP contribution in [0.4, 0.5) is 0 Å². The highest BCUT2D eigenvalue weighted by Gasteiger charge is 2.15. The van der Waals surface area contributed by atoms with E-state index in [0.717, 1.165) is 0 Å². The maximum Gasteiger partial charge on any atom is 0.357 e. The van der Waals surface area contributed by atoms with Crippen molar-refractivity contribution in [2.75, 3.05) is 6.61 Å². The fourth-order valence-electron chi connectivity index (χ4n) is 0.618. The molecule has 84 valence electrons. The van der Waals surface area contributed by atoms with Crippen LogP contribution in [-0.4, -0.2) is 34.4 Å². The van der Waals surface area contributed by atoms with Gasteiger partial charge >= 0.3 is 8.60 Å². The summed E-state index contributed by atoms with van der Waals surface area (Å²) in [5.41, 5.74) is 5.38. The Kier molecular flexibility index (Phi) is 6.90. The first-order chi connectivity index (χ1) is 6.43. The van der Waals surface area contributed by atoms with E-state index < -0.39 is 14.6 Å². The molecule has 1 atom stereocenters. The fourth-order valence-corrected chi connectivity index (χ4v) is 0.773. The highest BCUT2D eigenvalue weighted by molar-refractivity contribution is 7.39. The van der Waals surface area contributed by atoms with Crippen molar-refractivity contribution in [3.8, 4) is 0 Å². The van der Waals surface area contributed by atoms with Crippen LogP contribution >= 0.6 is 8.60 Å². The molecular weight excluding hydrogens is 211 g/mol. The third-order valence-electron chi connectivity index (χ3n) is 1.13. The van der Waals surface area contributed by atoms with Gasteiger partial charge in [-0.25, -0.2) is 4.89 Å². The van der Waals surface area contributed by atoms with Gasteiger partial charge in [-0.3, -0.25) is 4.79 Å². The molecule has 14 heavy (non-hydrogen) atoms. The largest absolute Gasteiger partial charge is 0.357 e. The first kappa shape index (κ1) is 13.7. The van der Waals surface area contributed by atoms with Gasteiger partial charge < -0.3 is 20.8 Å². The highest BCUT2D eigenvalue weighted by atomic mass is 31.2. The maximum absolute atomic E-state index is 11.1. The maximum atomic E-state index is 11.1. The number of hydrogen-bond donors (Lipinski definition) is 4. The van der Waals surface area contributed by atoms with Crippen LogP contribution in [-0.2, 0) is 14.4 Å². The Bertz CT molecular complexity index is 178. The predicted octanol–water partition coefficient (Wildman–Crippen LogP) is -1.00. The molecule has 0 bridgehead atoms. The summed E-state index contributed by atoms with van der Waals surface area (Å²) < 4.78 is 3.98. The predicted molar refractivity (Wildman–Crippen MR) is 49.6 cm³/mol. The summed E-state index contributed by atoms with van der Waals surface area (Å²) in [6, 6.07) is -0.908. The summed E-state index contributed by atoms with van der Waals surface area (Å²) in [6.07, 6.45) is 0. The molecule has 0 spiro atoms. The van der Waals surface area contributed by atoms with E-state index in [1.54, 1.807) is 13.8 Å². The van der Waals surface area contributed by atoms with E-state index in [-0.39, 0.29) is 18.6 Å². The first-order valence-electron chi connectivity index (χ1n) is 3.97. The van der Waals surface area contributed by atoms with Crippen molar-refractivity contribution in [2.45, 2.75) is 25.9 Å². The van der Waals surface area contributed by atoms with Gasteiger partial charge in [-0.15, -0.1) is 0 Å². The molecule has 5 N–H and O–H groups in total. The van der Waals surface area contributed by atoms with Crippen LogP contribution in [0, 0.1) is 0 Å². The Balaban J connectivity index is 3.62. The van der Waals surface area contributed by atoms with Crippen LogP contribution in [0.5, 0.6) is 0 Å². The van der Waals surface area contributed by atoms with Gasteiger partial charge in [-0.1, -0.05) is 0 Å². The SMILES string of the molecule is CC(C)NC(=O)C(N)COOP(O)O. The van der Waals surface area contributed by atoms with Crippen LogP contribution < -0.4 is 11.1 Å². The lowest BCUT2D eigenvalue weighted by atomic mass is 10.3. The molecule has 0 aromatic heterocycles. The normalized spacial score (nSPS) is 13.4. The van der Waals surface area contributed by atoms with Crippen molar-refractivity contribution in [1.82, 2.24) is 5.32 Å². The summed E-state index contributed by atoms with van der Waals surface area (Å²) in [5.74, 6) is -0.385. The van der Waals surface area contributed by atoms with Gasteiger partial charge in [0.2, 0.25) is 5.91 Å². The summed E-state index contributed by atoms with van der Waals surface area (Å²) >= 11 is 0. The standard InChI is InChI=1S/C6H15N2O5P/c1-4(2)8-6(9)5(7)3-12-13-14(10)11/h4-5,10-11H,3,7H2,1-2H3,(H,8,9). The van der Waals surface area contributed by atoms with Gasteiger partial charge in [0, 0.05) is 6.04 Å². The number of carbonyl (C=O) groups is 1. The molecule has 7 nitrogen and oxygen atoms in total. The van der Waals surface area contributed by atoms with Crippen molar-refractivity contribution in [1.29, 1.82) is 0 Å². The molecule has 0 aromatic carbocycles. The first-order valence-corrected chi connectivity index (χ1v) is 5.13.